The summed E-state index contributed by atoms with van der Waals surface area (Å²) in [6, 6.07) is -0.945. The molecule has 0 fully saturated rings. The topological polar surface area (TPSA) is 108 Å². The first-order valence-corrected chi connectivity index (χ1v) is 25.6. The number of carbonyl (C=O) groups excluding carboxylic acids is 1. The smallest absolute Gasteiger partial charge is 0.268 e. The van der Waals surface area contributed by atoms with E-state index in [4.69, 9.17) is 9.05 Å². The molecule has 61 heavy (non-hydrogen) atoms. The Morgan fingerprint density at radius 2 is 1.02 bits per heavy atom. The second-order valence-electron chi connectivity index (χ2n) is 17.1. The molecule has 0 spiro atoms. The molecule has 0 aliphatic rings. The van der Waals surface area contributed by atoms with Crippen molar-refractivity contribution in [1.82, 2.24) is 5.32 Å². The molecule has 0 saturated heterocycles. The molecule has 0 aliphatic carbocycles. The van der Waals surface area contributed by atoms with Gasteiger partial charge in [0.25, 0.3) is 7.82 Å². The fourth-order valence-electron chi connectivity index (χ4n) is 6.22. The summed E-state index contributed by atoms with van der Waals surface area (Å²) in [5, 5.41) is 13.7. The molecule has 0 aromatic carbocycles. The third-order valence-corrected chi connectivity index (χ3v) is 11.0. The number of amides is 1. The van der Waals surface area contributed by atoms with Crippen molar-refractivity contribution in [2.75, 3.05) is 40.9 Å². The lowest BCUT2D eigenvalue weighted by molar-refractivity contribution is -0.870. The number of phosphoric acid groups is 1. The molecule has 0 aromatic heterocycles. The highest BCUT2D eigenvalue weighted by Crippen LogP contribution is 2.38. The van der Waals surface area contributed by atoms with Gasteiger partial charge < -0.3 is 28.8 Å². The van der Waals surface area contributed by atoms with Gasteiger partial charge in [0.15, 0.2) is 0 Å². The van der Waals surface area contributed by atoms with E-state index in [1.54, 1.807) is 6.08 Å². The van der Waals surface area contributed by atoms with E-state index in [-0.39, 0.29) is 18.9 Å². The average molecular weight is 871 g/mol. The van der Waals surface area contributed by atoms with Crippen LogP contribution in [-0.4, -0.2) is 68.5 Å². The van der Waals surface area contributed by atoms with E-state index < -0.39 is 26.6 Å². The van der Waals surface area contributed by atoms with Gasteiger partial charge in [-0.05, 0) is 83.5 Å². The number of nitrogens with one attached hydrogen (secondary N) is 1. The zero-order valence-corrected chi connectivity index (χ0v) is 40.5. The molecule has 3 atom stereocenters. The number of rotatable bonds is 42. The molecule has 0 aliphatic heterocycles. The zero-order chi connectivity index (χ0) is 45.0. The molecule has 0 heterocycles. The SMILES string of the molecule is CC/C=C\C/C=C\C/C=C\C/C=C\C/C=C\CCCC(=O)NC(COP(=O)([O-])OCC[N+](C)(C)C)C(O)/C=C/CC/C=C/CC/C=C/CCCCCCCCCCCCCC. The molecule has 350 valence electrons. The molecule has 0 aromatic rings. The van der Waals surface area contributed by atoms with Gasteiger partial charge in [0.05, 0.1) is 39.9 Å². The molecule has 0 bridgehead atoms. The maximum absolute atomic E-state index is 12.9. The lowest BCUT2D eigenvalue weighted by atomic mass is 10.0. The zero-order valence-electron chi connectivity index (χ0n) is 39.6. The summed E-state index contributed by atoms with van der Waals surface area (Å²) in [7, 11) is 1.18. The first-order chi connectivity index (χ1) is 29.5. The predicted molar refractivity (Wildman–Crippen MR) is 260 cm³/mol. The fourth-order valence-corrected chi connectivity index (χ4v) is 6.94. The highest BCUT2D eigenvalue weighted by atomic mass is 31.2. The first-order valence-electron chi connectivity index (χ1n) is 24.1. The number of hydrogen-bond donors (Lipinski definition) is 2. The van der Waals surface area contributed by atoms with Crippen LogP contribution in [0.4, 0.5) is 0 Å². The number of aliphatic hydroxyl groups is 1. The number of allylic oxidation sites excluding steroid dienone is 15. The quantitative estimate of drug-likeness (QED) is 0.0274. The van der Waals surface area contributed by atoms with E-state index >= 15 is 0 Å². The predicted octanol–water partition coefficient (Wildman–Crippen LogP) is 13.3. The molecule has 2 N–H and O–H groups in total. The standard InChI is InChI=1S/C52H91N2O6P/c1-6-8-10-12-14-16-18-20-22-24-25-26-27-28-30-31-33-35-37-39-41-43-45-51(55)50(49-60-61(57,58)59-48-47-54(3,4)5)53-52(56)46-44-42-40-38-36-34-32-29-23-21-19-17-15-13-11-9-7-2/h9,11,15,17,21,23,28,30,32,34-35,37-38,40,43,45,50-51,55H,6-8,10,12-14,16,18-20,22,24-27,29,31,33,36,39,41-42,44,46-49H2,1-5H3,(H-,53,56,57,58)/b11-9-,17-15-,23-21-,30-28+,34-32-,37-35+,40-38-,45-43+. The van der Waals surface area contributed by atoms with Crippen LogP contribution in [-0.2, 0) is 18.4 Å². The summed E-state index contributed by atoms with van der Waals surface area (Å²) >= 11 is 0. The van der Waals surface area contributed by atoms with Crippen LogP contribution in [0.15, 0.2) is 97.2 Å². The Morgan fingerprint density at radius 3 is 1.52 bits per heavy atom. The highest BCUT2D eigenvalue weighted by molar-refractivity contribution is 7.45. The van der Waals surface area contributed by atoms with Crippen molar-refractivity contribution in [3.05, 3.63) is 97.2 Å². The summed E-state index contributed by atoms with van der Waals surface area (Å²) in [5.74, 6) is -0.272. The summed E-state index contributed by atoms with van der Waals surface area (Å²) in [5.41, 5.74) is 0. The van der Waals surface area contributed by atoms with E-state index in [1.807, 2.05) is 27.2 Å². The summed E-state index contributed by atoms with van der Waals surface area (Å²) < 4.78 is 23.2. The van der Waals surface area contributed by atoms with Crippen molar-refractivity contribution in [3.8, 4) is 0 Å². The van der Waals surface area contributed by atoms with Crippen LogP contribution in [0, 0.1) is 0 Å². The van der Waals surface area contributed by atoms with Crippen molar-refractivity contribution in [2.24, 2.45) is 0 Å². The number of likely N-dealkylation sites (N-methyl/N-ethyl adjacent to an activating group) is 1. The Labute approximate surface area is 375 Å². The largest absolute Gasteiger partial charge is 0.756 e. The Hall–Kier alpha value is -2.58. The van der Waals surface area contributed by atoms with Crippen LogP contribution < -0.4 is 10.2 Å². The fraction of sp³-hybridized carbons (Fsp3) is 0.673. The molecule has 8 nitrogen and oxygen atoms in total. The van der Waals surface area contributed by atoms with Crippen molar-refractivity contribution in [2.45, 2.75) is 187 Å². The second-order valence-corrected chi connectivity index (χ2v) is 18.5. The van der Waals surface area contributed by atoms with Crippen LogP contribution in [0.2, 0.25) is 0 Å². The van der Waals surface area contributed by atoms with E-state index in [0.29, 0.717) is 23.9 Å². The summed E-state index contributed by atoms with van der Waals surface area (Å²) in [4.78, 5) is 25.3. The van der Waals surface area contributed by atoms with Crippen molar-refractivity contribution in [1.29, 1.82) is 0 Å². The Kier molecular flexibility index (Phi) is 40.9. The van der Waals surface area contributed by atoms with Gasteiger partial charge >= 0.3 is 0 Å². The number of carbonyl (C=O) groups is 1. The lowest BCUT2D eigenvalue weighted by Gasteiger charge is -2.29. The molecule has 3 unspecified atom stereocenters. The molecular formula is C52H91N2O6P. The molecule has 0 saturated carbocycles. The van der Waals surface area contributed by atoms with Crippen LogP contribution in [0.25, 0.3) is 0 Å². The summed E-state index contributed by atoms with van der Waals surface area (Å²) in [6.45, 7) is 4.44. The van der Waals surface area contributed by atoms with E-state index in [1.165, 1.54) is 83.5 Å². The number of hydrogen-bond acceptors (Lipinski definition) is 6. The van der Waals surface area contributed by atoms with E-state index in [9.17, 15) is 19.4 Å². The minimum absolute atomic E-state index is 0.0250. The second kappa shape index (κ2) is 42.7. The molecule has 0 radical (unpaired) electrons. The molecule has 0 rings (SSSR count). The Bertz CT molecular complexity index is 1310. The summed E-state index contributed by atoms with van der Waals surface area (Å²) in [6.07, 6.45) is 60.5. The van der Waals surface area contributed by atoms with Crippen LogP contribution in [0.3, 0.4) is 0 Å². The van der Waals surface area contributed by atoms with Crippen LogP contribution in [0.5, 0.6) is 0 Å². The monoisotopic (exact) mass is 871 g/mol. The number of aliphatic hydroxyl groups excluding tert-OH is 1. The van der Waals surface area contributed by atoms with E-state index in [2.05, 4.69) is 104 Å². The van der Waals surface area contributed by atoms with Gasteiger partial charge in [0.2, 0.25) is 5.91 Å². The van der Waals surface area contributed by atoms with Crippen LogP contribution >= 0.6 is 7.82 Å². The van der Waals surface area contributed by atoms with Gasteiger partial charge in [-0.1, -0.05) is 182 Å². The lowest BCUT2D eigenvalue weighted by Crippen LogP contribution is -2.45. The minimum Gasteiger partial charge on any atom is -0.756 e. The maximum Gasteiger partial charge on any atom is 0.268 e. The number of unbranched alkanes of at least 4 members (excludes halogenated alkanes) is 15. The Balaban J connectivity index is 4.55. The van der Waals surface area contributed by atoms with Gasteiger partial charge in [-0.15, -0.1) is 0 Å². The maximum atomic E-state index is 12.9. The molecule has 9 heteroatoms. The first kappa shape index (κ1) is 58.4. The van der Waals surface area contributed by atoms with Gasteiger partial charge in [0, 0.05) is 6.42 Å². The van der Waals surface area contributed by atoms with Crippen molar-refractivity contribution in [3.63, 3.8) is 0 Å². The normalized spacial score (nSPS) is 15.1. The third kappa shape index (κ3) is 45.3. The average Bonchev–Trinajstić information content (AvgIpc) is 3.21. The Morgan fingerprint density at radius 1 is 0.590 bits per heavy atom. The molecular weight excluding hydrogens is 780 g/mol. The van der Waals surface area contributed by atoms with Crippen molar-refractivity contribution >= 4 is 13.7 Å². The molecule has 1 amide bonds. The van der Waals surface area contributed by atoms with Gasteiger partial charge in [-0.25, -0.2) is 0 Å². The number of nitrogens with zero attached hydrogens (tertiary/aromatic N) is 1. The van der Waals surface area contributed by atoms with Crippen LogP contribution in [0.1, 0.15) is 174 Å². The highest BCUT2D eigenvalue weighted by Gasteiger charge is 2.23. The van der Waals surface area contributed by atoms with E-state index in [0.717, 1.165) is 57.8 Å². The van der Waals surface area contributed by atoms with Gasteiger partial charge in [0.1, 0.15) is 13.2 Å². The number of phosphoric ester groups is 1. The van der Waals surface area contributed by atoms with Gasteiger partial charge in [-0.2, -0.15) is 0 Å². The number of quaternary nitrogens is 1. The van der Waals surface area contributed by atoms with Crippen molar-refractivity contribution < 1.29 is 32.9 Å². The third-order valence-electron chi connectivity index (χ3n) is 10.0. The van der Waals surface area contributed by atoms with Gasteiger partial charge in [-0.3, -0.25) is 9.36 Å². The minimum atomic E-state index is -4.62.